The molecule has 2 aromatic carbocycles. The fourth-order valence-electron chi connectivity index (χ4n) is 2.12. The second-order valence-electron chi connectivity index (χ2n) is 4.81. The van der Waals surface area contributed by atoms with Gasteiger partial charge in [0.15, 0.2) is 5.79 Å². The number of anilines is 1. The third-order valence-corrected chi connectivity index (χ3v) is 3.22. The molecule has 0 spiro atoms. The van der Waals surface area contributed by atoms with Crippen molar-refractivity contribution in [3.8, 4) is 0 Å². The van der Waals surface area contributed by atoms with Crippen LogP contribution >= 0.6 is 0 Å². The number of hydrogen-bond acceptors (Lipinski definition) is 3. The van der Waals surface area contributed by atoms with Crippen LogP contribution in [0.4, 0.5) is 5.69 Å². The van der Waals surface area contributed by atoms with Gasteiger partial charge in [0.25, 0.3) is 0 Å². The molecule has 3 rings (SSSR count). The van der Waals surface area contributed by atoms with Crippen molar-refractivity contribution in [3.63, 3.8) is 0 Å². The minimum absolute atomic E-state index is 0.474. The van der Waals surface area contributed by atoms with E-state index < -0.39 is 5.79 Å². The van der Waals surface area contributed by atoms with Crippen LogP contribution in [-0.2, 0) is 6.54 Å². The van der Waals surface area contributed by atoms with Crippen molar-refractivity contribution in [2.75, 3.05) is 5.32 Å². The van der Waals surface area contributed by atoms with Crippen LogP contribution in [0.5, 0.6) is 0 Å². The Balaban J connectivity index is 1.72. The standard InChI is InChI=1S/C16H16N3/c1-16(17-11-13-7-3-2-4-8-13)18-12-14-9-5-6-10-15(14)19-16/h2-5,7-10,12,17,19H,11H2,1H3. The second kappa shape index (κ2) is 4.86. The summed E-state index contributed by atoms with van der Waals surface area (Å²) in [4.78, 5) is 4.56. The molecule has 0 aliphatic carbocycles. The summed E-state index contributed by atoms with van der Waals surface area (Å²) in [6.45, 7) is 2.80. The van der Waals surface area contributed by atoms with Gasteiger partial charge in [-0.15, -0.1) is 0 Å². The number of rotatable bonds is 3. The van der Waals surface area contributed by atoms with Gasteiger partial charge in [-0.3, -0.25) is 10.3 Å². The van der Waals surface area contributed by atoms with Gasteiger partial charge in [-0.05, 0) is 24.6 Å². The summed E-state index contributed by atoms with van der Waals surface area (Å²) in [5.41, 5.74) is 3.39. The first-order chi connectivity index (χ1) is 9.25. The molecule has 0 saturated heterocycles. The highest BCUT2D eigenvalue weighted by Gasteiger charge is 2.25. The Kier molecular flexibility index (Phi) is 3.05. The summed E-state index contributed by atoms with van der Waals surface area (Å²) in [6.07, 6.45) is 1.90. The number of benzene rings is 2. The zero-order valence-corrected chi connectivity index (χ0v) is 10.9. The molecule has 0 bridgehead atoms. The fraction of sp³-hybridized carbons (Fsp3) is 0.188. The van der Waals surface area contributed by atoms with E-state index in [1.165, 1.54) is 5.56 Å². The van der Waals surface area contributed by atoms with E-state index in [0.29, 0.717) is 0 Å². The van der Waals surface area contributed by atoms with Gasteiger partial charge < -0.3 is 5.32 Å². The lowest BCUT2D eigenvalue weighted by molar-refractivity contribution is 0.417. The van der Waals surface area contributed by atoms with Gasteiger partial charge in [-0.25, -0.2) is 0 Å². The van der Waals surface area contributed by atoms with E-state index in [2.05, 4.69) is 33.8 Å². The molecule has 3 nitrogen and oxygen atoms in total. The lowest BCUT2D eigenvalue weighted by Crippen LogP contribution is -2.48. The Hall–Kier alpha value is -2.13. The Morgan fingerprint density at radius 3 is 2.95 bits per heavy atom. The van der Waals surface area contributed by atoms with E-state index >= 15 is 0 Å². The molecule has 2 aromatic rings. The molecular formula is C16H16N3. The van der Waals surface area contributed by atoms with E-state index in [-0.39, 0.29) is 0 Å². The Morgan fingerprint density at radius 2 is 2.11 bits per heavy atom. The molecule has 1 aliphatic heterocycles. The van der Waals surface area contributed by atoms with E-state index in [1.54, 1.807) is 0 Å². The topological polar surface area (TPSA) is 36.4 Å². The number of hydrogen-bond donors (Lipinski definition) is 2. The normalized spacial score (nSPS) is 20.7. The van der Waals surface area contributed by atoms with Crippen molar-refractivity contribution in [1.29, 1.82) is 0 Å². The molecule has 1 unspecified atom stereocenters. The molecule has 0 saturated carbocycles. The lowest BCUT2D eigenvalue weighted by Gasteiger charge is -2.32. The third-order valence-electron chi connectivity index (χ3n) is 3.22. The molecule has 0 amide bonds. The predicted molar refractivity (Wildman–Crippen MR) is 78.2 cm³/mol. The minimum Gasteiger partial charge on any atom is -0.349 e. The molecule has 1 radical (unpaired) electrons. The largest absolute Gasteiger partial charge is 0.349 e. The highest BCUT2D eigenvalue weighted by atomic mass is 15.3. The van der Waals surface area contributed by atoms with Gasteiger partial charge in [0.2, 0.25) is 0 Å². The molecule has 2 N–H and O–H groups in total. The minimum atomic E-state index is -0.474. The fourth-order valence-corrected chi connectivity index (χ4v) is 2.12. The van der Waals surface area contributed by atoms with E-state index in [4.69, 9.17) is 0 Å². The van der Waals surface area contributed by atoms with Crippen LogP contribution in [0.1, 0.15) is 18.1 Å². The maximum atomic E-state index is 4.56. The van der Waals surface area contributed by atoms with Crippen molar-refractivity contribution >= 4 is 11.9 Å². The quantitative estimate of drug-likeness (QED) is 0.878. The van der Waals surface area contributed by atoms with Crippen LogP contribution in [0.3, 0.4) is 0 Å². The van der Waals surface area contributed by atoms with Crippen molar-refractivity contribution in [3.05, 3.63) is 65.7 Å². The lowest BCUT2D eigenvalue weighted by atomic mass is 10.1. The van der Waals surface area contributed by atoms with Gasteiger partial charge in [-0.1, -0.05) is 42.5 Å². The molecule has 1 aliphatic rings. The molecule has 3 heteroatoms. The van der Waals surface area contributed by atoms with E-state index in [9.17, 15) is 0 Å². The molecule has 0 aromatic heterocycles. The van der Waals surface area contributed by atoms with Gasteiger partial charge in [0.1, 0.15) is 0 Å². The number of nitrogens with one attached hydrogen (secondary N) is 2. The first kappa shape index (κ1) is 11.9. The SMILES string of the molecule is CC1(NCc2ccccc2)N=Cc2cc[c]cc2N1. The highest BCUT2D eigenvalue weighted by Crippen LogP contribution is 2.22. The van der Waals surface area contributed by atoms with Gasteiger partial charge >= 0.3 is 0 Å². The van der Waals surface area contributed by atoms with Crippen LogP contribution in [-0.4, -0.2) is 12.0 Å². The van der Waals surface area contributed by atoms with Crippen molar-refractivity contribution in [2.24, 2.45) is 4.99 Å². The highest BCUT2D eigenvalue weighted by molar-refractivity contribution is 5.89. The first-order valence-electron chi connectivity index (χ1n) is 6.38. The number of nitrogens with zero attached hydrogens (tertiary/aromatic N) is 1. The third kappa shape index (κ3) is 2.66. The summed E-state index contributed by atoms with van der Waals surface area (Å²) in [6, 6.07) is 19.2. The maximum Gasteiger partial charge on any atom is 0.182 e. The van der Waals surface area contributed by atoms with Crippen LogP contribution in [0.15, 0.2) is 53.5 Å². The van der Waals surface area contributed by atoms with Crippen LogP contribution < -0.4 is 10.6 Å². The molecule has 95 valence electrons. The summed E-state index contributed by atoms with van der Waals surface area (Å²) in [5.74, 6) is -0.474. The van der Waals surface area contributed by atoms with Gasteiger partial charge in [0.05, 0.1) is 0 Å². The summed E-state index contributed by atoms with van der Waals surface area (Å²) in [7, 11) is 0. The van der Waals surface area contributed by atoms with Crippen molar-refractivity contribution in [2.45, 2.75) is 19.3 Å². The molecule has 0 fully saturated rings. The van der Waals surface area contributed by atoms with Crippen LogP contribution in [0.25, 0.3) is 0 Å². The Morgan fingerprint density at radius 1 is 1.26 bits per heavy atom. The number of fused-ring (bicyclic) bond motifs is 1. The van der Waals surface area contributed by atoms with Gasteiger partial charge in [0, 0.05) is 24.0 Å². The summed E-state index contributed by atoms with van der Waals surface area (Å²) >= 11 is 0. The van der Waals surface area contributed by atoms with Crippen molar-refractivity contribution < 1.29 is 0 Å². The van der Waals surface area contributed by atoms with Crippen LogP contribution in [0.2, 0.25) is 0 Å². The summed E-state index contributed by atoms with van der Waals surface area (Å²) in [5, 5.41) is 6.84. The second-order valence-corrected chi connectivity index (χ2v) is 4.81. The first-order valence-corrected chi connectivity index (χ1v) is 6.38. The Labute approximate surface area is 113 Å². The summed E-state index contributed by atoms with van der Waals surface area (Å²) < 4.78 is 0. The zero-order valence-electron chi connectivity index (χ0n) is 10.9. The molecule has 19 heavy (non-hydrogen) atoms. The molecule has 1 atom stereocenters. The van der Waals surface area contributed by atoms with E-state index in [1.807, 2.05) is 49.5 Å². The van der Waals surface area contributed by atoms with Crippen LogP contribution in [0, 0.1) is 6.07 Å². The zero-order chi connectivity index (χ0) is 13.1. The monoisotopic (exact) mass is 250 g/mol. The smallest absolute Gasteiger partial charge is 0.182 e. The van der Waals surface area contributed by atoms with Gasteiger partial charge in [-0.2, -0.15) is 0 Å². The van der Waals surface area contributed by atoms with E-state index in [0.717, 1.165) is 17.8 Å². The molecule has 1 heterocycles. The predicted octanol–water partition coefficient (Wildman–Crippen LogP) is 2.79. The Bertz CT molecular complexity index is 592. The molecular weight excluding hydrogens is 234 g/mol. The maximum absolute atomic E-state index is 4.56. The van der Waals surface area contributed by atoms with Crippen molar-refractivity contribution in [1.82, 2.24) is 5.32 Å². The average molecular weight is 250 g/mol. The average Bonchev–Trinajstić information content (AvgIpc) is 2.46. The number of aliphatic imine (C=N–C) groups is 1.